The second-order valence-electron chi connectivity index (χ2n) is 4.96. The molecule has 1 rings (SSSR count). The maximum absolute atomic E-state index is 8.93. The van der Waals surface area contributed by atoms with E-state index >= 15 is 0 Å². The smallest absolute Gasteiger partial charge is 0.0443 e. The number of nitrogens with one attached hydrogen (secondary N) is 1. The van der Waals surface area contributed by atoms with Crippen LogP contribution in [-0.2, 0) is 0 Å². The molecule has 0 aliphatic carbocycles. The lowest BCUT2D eigenvalue weighted by Crippen LogP contribution is -2.30. The molecule has 2 N–H and O–H groups in total. The number of hydrogen-bond donors (Lipinski definition) is 2. The summed E-state index contributed by atoms with van der Waals surface area (Å²) in [6.45, 7) is 8.66. The van der Waals surface area contributed by atoms with E-state index in [4.69, 9.17) is 5.11 Å². The minimum Gasteiger partial charge on any atom is -0.396 e. The molecule has 0 aliphatic heterocycles. The monoisotopic (exact) mass is 342 g/mol. The first-order chi connectivity index (χ1) is 9.71. The Kier molecular flexibility index (Phi) is 9.10. The van der Waals surface area contributed by atoms with Gasteiger partial charge < -0.3 is 15.3 Å². The Hall–Kier alpha value is -0.420. The average Bonchev–Trinajstić information content (AvgIpc) is 2.47. The Bertz CT molecular complexity index is 356. The van der Waals surface area contributed by atoms with E-state index in [1.165, 1.54) is 5.56 Å². The molecule has 0 aromatic heterocycles. The summed E-state index contributed by atoms with van der Waals surface area (Å²) in [5, 5.41) is 12.5. The van der Waals surface area contributed by atoms with Gasteiger partial charge in [0.05, 0.1) is 0 Å². The Morgan fingerprint density at radius 3 is 2.45 bits per heavy atom. The van der Waals surface area contributed by atoms with Crippen LogP contribution in [0.15, 0.2) is 28.7 Å². The van der Waals surface area contributed by atoms with Gasteiger partial charge in [-0.2, -0.15) is 0 Å². The van der Waals surface area contributed by atoms with E-state index in [0.717, 1.165) is 43.5 Å². The quantitative estimate of drug-likeness (QED) is 0.685. The van der Waals surface area contributed by atoms with Gasteiger partial charge in [0.2, 0.25) is 0 Å². The first-order valence-corrected chi connectivity index (χ1v) is 8.32. The molecule has 0 amide bonds. The second-order valence-corrected chi connectivity index (χ2v) is 5.88. The Morgan fingerprint density at radius 2 is 1.90 bits per heavy atom. The van der Waals surface area contributed by atoms with Gasteiger partial charge >= 0.3 is 0 Å². The molecule has 20 heavy (non-hydrogen) atoms. The lowest BCUT2D eigenvalue weighted by Gasteiger charge is -2.24. The van der Waals surface area contributed by atoms with Crippen molar-refractivity contribution in [1.29, 1.82) is 0 Å². The van der Waals surface area contributed by atoms with E-state index in [9.17, 15) is 0 Å². The lowest BCUT2D eigenvalue weighted by atomic mass is 10.0. The van der Waals surface area contributed by atoms with Crippen LogP contribution in [0.1, 0.15) is 38.3 Å². The number of halogens is 1. The zero-order valence-electron chi connectivity index (χ0n) is 12.6. The first-order valence-electron chi connectivity index (χ1n) is 7.53. The average molecular weight is 343 g/mol. The van der Waals surface area contributed by atoms with Crippen molar-refractivity contribution < 1.29 is 5.11 Å². The molecule has 1 aromatic rings. The summed E-state index contributed by atoms with van der Waals surface area (Å²) >= 11 is 3.48. The largest absolute Gasteiger partial charge is 0.396 e. The highest BCUT2D eigenvalue weighted by Gasteiger charge is 2.12. The third-order valence-corrected chi connectivity index (χ3v) is 4.07. The van der Waals surface area contributed by atoms with Crippen LogP contribution < -0.4 is 5.32 Å². The molecule has 114 valence electrons. The van der Waals surface area contributed by atoms with E-state index in [1.54, 1.807) is 0 Å². The zero-order valence-corrected chi connectivity index (χ0v) is 14.2. The number of hydrogen-bond acceptors (Lipinski definition) is 3. The standard InChI is InChI=1S/C16H27BrN2O/c1-3-18-16(14-6-8-15(17)9-7-14)10-12-19(4-2)11-5-13-20/h6-9,16,18,20H,3-5,10-13H2,1-2H3. The van der Waals surface area contributed by atoms with Crippen molar-refractivity contribution in [2.45, 2.75) is 32.7 Å². The third kappa shape index (κ3) is 6.35. The van der Waals surface area contributed by atoms with E-state index in [1.807, 2.05) is 0 Å². The Labute approximate surface area is 131 Å². The lowest BCUT2D eigenvalue weighted by molar-refractivity contribution is 0.223. The van der Waals surface area contributed by atoms with Gasteiger partial charge in [-0.25, -0.2) is 0 Å². The van der Waals surface area contributed by atoms with Crippen LogP contribution in [0, 0.1) is 0 Å². The molecule has 0 fully saturated rings. The number of aliphatic hydroxyl groups is 1. The van der Waals surface area contributed by atoms with Crippen molar-refractivity contribution in [3.8, 4) is 0 Å². The molecular formula is C16H27BrN2O. The molecule has 0 aliphatic rings. The van der Waals surface area contributed by atoms with Gasteiger partial charge in [0.25, 0.3) is 0 Å². The van der Waals surface area contributed by atoms with Crippen LogP contribution in [-0.4, -0.2) is 42.8 Å². The normalized spacial score (nSPS) is 12.8. The van der Waals surface area contributed by atoms with Crippen molar-refractivity contribution in [1.82, 2.24) is 10.2 Å². The predicted molar refractivity (Wildman–Crippen MR) is 89.0 cm³/mol. The van der Waals surface area contributed by atoms with Crippen LogP contribution in [0.25, 0.3) is 0 Å². The van der Waals surface area contributed by atoms with Crippen LogP contribution in [0.3, 0.4) is 0 Å². The maximum Gasteiger partial charge on any atom is 0.0443 e. The van der Waals surface area contributed by atoms with Gasteiger partial charge in [0.1, 0.15) is 0 Å². The van der Waals surface area contributed by atoms with Crippen LogP contribution in [0.2, 0.25) is 0 Å². The molecule has 0 radical (unpaired) electrons. The SMILES string of the molecule is CCNC(CCN(CC)CCCO)c1ccc(Br)cc1. The van der Waals surface area contributed by atoms with Gasteiger partial charge in [-0.3, -0.25) is 0 Å². The van der Waals surface area contributed by atoms with Gasteiger partial charge in [0, 0.05) is 23.7 Å². The topological polar surface area (TPSA) is 35.5 Å². The summed E-state index contributed by atoms with van der Waals surface area (Å²) in [6.07, 6.45) is 1.95. The minimum atomic E-state index is 0.278. The van der Waals surface area contributed by atoms with E-state index in [0.29, 0.717) is 6.04 Å². The van der Waals surface area contributed by atoms with E-state index in [2.05, 4.69) is 64.3 Å². The first kappa shape index (κ1) is 17.6. The van der Waals surface area contributed by atoms with Crippen molar-refractivity contribution in [3.63, 3.8) is 0 Å². The number of rotatable bonds is 10. The van der Waals surface area contributed by atoms with Gasteiger partial charge in [-0.15, -0.1) is 0 Å². The van der Waals surface area contributed by atoms with Gasteiger partial charge in [-0.1, -0.05) is 41.9 Å². The molecule has 0 spiro atoms. The fourth-order valence-corrected chi connectivity index (χ4v) is 2.63. The highest BCUT2D eigenvalue weighted by Crippen LogP contribution is 2.20. The number of nitrogens with zero attached hydrogens (tertiary/aromatic N) is 1. The molecule has 1 atom stereocenters. The second kappa shape index (κ2) is 10.3. The number of benzene rings is 1. The molecule has 0 saturated carbocycles. The highest BCUT2D eigenvalue weighted by molar-refractivity contribution is 9.10. The fraction of sp³-hybridized carbons (Fsp3) is 0.625. The summed E-state index contributed by atoms with van der Waals surface area (Å²) in [6, 6.07) is 8.96. The molecule has 0 bridgehead atoms. The summed E-state index contributed by atoms with van der Waals surface area (Å²) in [4.78, 5) is 2.40. The molecule has 0 heterocycles. The summed E-state index contributed by atoms with van der Waals surface area (Å²) in [5.74, 6) is 0. The van der Waals surface area contributed by atoms with Crippen LogP contribution in [0.5, 0.6) is 0 Å². The molecule has 0 saturated heterocycles. The molecule has 3 nitrogen and oxygen atoms in total. The van der Waals surface area contributed by atoms with E-state index in [-0.39, 0.29) is 6.61 Å². The van der Waals surface area contributed by atoms with Crippen molar-refractivity contribution >= 4 is 15.9 Å². The third-order valence-electron chi connectivity index (χ3n) is 3.54. The van der Waals surface area contributed by atoms with Crippen LogP contribution >= 0.6 is 15.9 Å². The Balaban J connectivity index is 2.55. The fourth-order valence-electron chi connectivity index (χ4n) is 2.36. The molecule has 4 heteroatoms. The van der Waals surface area contributed by atoms with Crippen LogP contribution in [0.4, 0.5) is 0 Å². The minimum absolute atomic E-state index is 0.278. The highest BCUT2D eigenvalue weighted by atomic mass is 79.9. The molecule has 1 aromatic carbocycles. The van der Waals surface area contributed by atoms with Crippen molar-refractivity contribution in [3.05, 3.63) is 34.3 Å². The molecule has 1 unspecified atom stereocenters. The number of aliphatic hydroxyl groups excluding tert-OH is 1. The summed E-state index contributed by atoms with van der Waals surface area (Å²) in [7, 11) is 0. The maximum atomic E-state index is 8.93. The van der Waals surface area contributed by atoms with Gasteiger partial charge in [-0.05, 0) is 50.2 Å². The van der Waals surface area contributed by atoms with Crippen molar-refractivity contribution in [2.75, 3.05) is 32.8 Å². The van der Waals surface area contributed by atoms with Gasteiger partial charge in [0.15, 0.2) is 0 Å². The predicted octanol–water partition coefficient (Wildman–Crippen LogP) is 3.19. The summed E-state index contributed by atoms with van der Waals surface area (Å²) < 4.78 is 1.12. The Morgan fingerprint density at radius 1 is 1.20 bits per heavy atom. The van der Waals surface area contributed by atoms with Crippen molar-refractivity contribution in [2.24, 2.45) is 0 Å². The summed E-state index contributed by atoms with van der Waals surface area (Å²) in [5.41, 5.74) is 1.34. The van der Waals surface area contributed by atoms with E-state index < -0.39 is 0 Å². The zero-order chi connectivity index (χ0) is 14.8. The molecular weight excluding hydrogens is 316 g/mol.